The number of thiazole rings is 2. The van der Waals surface area contributed by atoms with Gasteiger partial charge in [0.2, 0.25) is 0 Å². The Morgan fingerprint density at radius 1 is 0.691 bits per heavy atom. The second-order valence-corrected chi connectivity index (χ2v) is 15.1. The molecule has 0 aliphatic carbocycles. The molecule has 282 valence electrons. The Morgan fingerprint density at radius 3 is 1.73 bits per heavy atom. The van der Waals surface area contributed by atoms with E-state index in [-0.39, 0.29) is 12.2 Å². The largest absolute Gasteiger partial charge is 0.485 e. The van der Waals surface area contributed by atoms with E-state index in [9.17, 15) is 9.59 Å². The van der Waals surface area contributed by atoms with Gasteiger partial charge in [-0.2, -0.15) is 0 Å². The van der Waals surface area contributed by atoms with Crippen molar-refractivity contribution < 1.29 is 38.0 Å². The molecule has 5 heterocycles. The van der Waals surface area contributed by atoms with Gasteiger partial charge in [-0.3, -0.25) is 0 Å². The van der Waals surface area contributed by atoms with Crippen LogP contribution >= 0.6 is 34.3 Å². The van der Waals surface area contributed by atoms with Crippen LogP contribution in [0.1, 0.15) is 77.8 Å². The number of aryl methyl sites for hydroxylation is 4. The molecule has 6 aromatic rings. The Kier molecular flexibility index (Phi) is 11.6. The highest BCUT2D eigenvalue weighted by molar-refractivity contribution is 7.15. The molecule has 0 amide bonds. The Labute approximate surface area is 330 Å². The first-order chi connectivity index (χ1) is 26.7. The lowest BCUT2D eigenvalue weighted by Crippen LogP contribution is -2.17. The molecular formula is C41H36ClN3O8S2. The van der Waals surface area contributed by atoms with Crippen LogP contribution in [0, 0.1) is 13.8 Å². The number of nitrogens with zero attached hydrogens (tertiary/aromatic N) is 3. The summed E-state index contributed by atoms with van der Waals surface area (Å²) in [5.41, 5.74) is 6.99. The second kappa shape index (κ2) is 16.9. The Bertz CT molecular complexity index is 2310. The fourth-order valence-corrected chi connectivity index (χ4v) is 7.93. The Morgan fingerprint density at radius 2 is 1.22 bits per heavy atom. The van der Waals surface area contributed by atoms with Crippen LogP contribution in [-0.2, 0) is 22.3 Å². The Balaban J connectivity index is 0.000000169. The number of ether oxygens (including phenoxy) is 6. The lowest BCUT2D eigenvalue weighted by molar-refractivity contribution is 0.0597. The van der Waals surface area contributed by atoms with E-state index in [1.54, 1.807) is 12.3 Å². The molecule has 0 saturated carbocycles. The number of esters is 2. The molecule has 0 saturated heterocycles. The summed E-state index contributed by atoms with van der Waals surface area (Å²) in [5, 5.41) is 1.26. The summed E-state index contributed by atoms with van der Waals surface area (Å²) < 4.78 is 33.4. The molecule has 2 atom stereocenters. The minimum absolute atomic E-state index is 0.0457. The number of hydrogen-bond donors (Lipinski definition) is 0. The van der Waals surface area contributed by atoms with Crippen molar-refractivity contribution in [1.82, 2.24) is 15.0 Å². The van der Waals surface area contributed by atoms with Crippen LogP contribution in [0.15, 0.2) is 85.3 Å². The van der Waals surface area contributed by atoms with E-state index in [1.165, 1.54) is 43.3 Å². The lowest BCUT2D eigenvalue weighted by atomic mass is 9.92. The van der Waals surface area contributed by atoms with E-state index in [0.717, 1.165) is 76.5 Å². The third kappa shape index (κ3) is 8.91. The van der Waals surface area contributed by atoms with Crippen molar-refractivity contribution in [2.45, 2.75) is 51.7 Å². The monoisotopic (exact) mass is 797 g/mol. The number of methoxy groups -OCH3 is 2. The number of pyridine rings is 1. The fraction of sp³-hybridized carbons (Fsp3) is 0.244. The van der Waals surface area contributed by atoms with Gasteiger partial charge in [0, 0.05) is 11.8 Å². The van der Waals surface area contributed by atoms with E-state index < -0.39 is 11.9 Å². The zero-order valence-corrected chi connectivity index (χ0v) is 32.8. The van der Waals surface area contributed by atoms with Crippen molar-refractivity contribution in [2.75, 3.05) is 14.2 Å². The SMILES string of the molecule is COC(=O)c1cnc(Oc2ccc3c(c2)CCC(c2c(C)cccc2C)O3)s1.COC(=O)c1cnc(Oc2ccc3c(c2)CCC(c2ccc(Cl)nc2)O3)s1. The number of rotatable bonds is 8. The predicted molar refractivity (Wildman–Crippen MR) is 208 cm³/mol. The van der Waals surface area contributed by atoms with Gasteiger partial charge in [-0.05, 0) is 110 Å². The molecule has 2 aliphatic heterocycles. The van der Waals surface area contributed by atoms with Crippen molar-refractivity contribution >= 4 is 46.2 Å². The number of carbonyl (C=O) groups excluding carboxylic acids is 2. The zero-order valence-electron chi connectivity index (χ0n) is 30.4. The highest BCUT2D eigenvalue weighted by Crippen LogP contribution is 2.40. The Hall–Kier alpha value is -5.50. The highest BCUT2D eigenvalue weighted by atomic mass is 35.5. The summed E-state index contributed by atoms with van der Waals surface area (Å²) >= 11 is 8.15. The molecule has 0 N–H and O–H groups in total. The molecule has 2 aliphatic rings. The molecule has 0 spiro atoms. The van der Waals surface area contributed by atoms with Gasteiger partial charge in [-0.1, -0.05) is 58.5 Å². The molecule has 11 nitrogen and oxygen atoms in total. The average molecular weight is 798 g/mol. The van der Waals surface area contributed by atoms with Crippen molar-refractivity contribution in [2.24, 2.45) is 0 Å². The number of fused-ring (bicyclic) bond motifs is 2. The number of carbonyl (C=O) groups is 2. The van der Waals surface area contributed by atoms with Gasteiger partial charge in [0.05, 0.1) is 26.6 Å². The smallest absolute Gasteiger partial charge is 0.349 e. The van der Waals surface area contributed by atoms with E-state index >= 15 is 0 Å². The molecule has 0 bridgehead atoms. The van der Waals surface area contributed by atoms with Crippen molar-refractivity contribution in [3.05, 3.63) is 134 Å². The third-order valence-corrected chi connectivity index (χ3v) is 11.0. The van der Waals surface area contributed by atoms with Crippen LogP contribution in [0.3, 0.4) is 0 Å². The molecule has 55 heavy (non-hydrogen) atoms. The molecule has 8 rings (SSSR count). The normalized spacial score (nSPS) is 15.5. The molecule has 0 radical (unpaired) electrons. The van der Waals surface area contributed by atoms with Gasteiger partial charge in [0.25, 0.3) is 10.4 Å². The van der Waals surface area contributed by atoms with Crippen molar-refractivity contribution in [1.29, 1.82) is 0 Å². The van der Waals surface area contributed by atoms with E-state index in [4.69, 9.17) is 35.3 Å². The van der Waals surface area contributed by atoms with Crippen molar-refractivity contribution in [3.63, 3.8) is 0 Å². The number of hydrogen-bond acceptors (Lipinski definition) is 13. The van der Waals surface area contributed by atoms with Crippen LogP contribution in [0.25, 0.3) is 0 Å². The summed E-state index contributed by atoms with van der Waals surface area (Å²) in [7, 11) is 2.68. The van der Waals surface area contributed by atoms with E-state index in [2.05, 4.69) is 51.7 Å². The summed E-state index contributed by atoms with van der Waals surface area (Å²) in [6.45, 7) is 4.27. The minimum atomic E-state index is -0.427. The van der Waals surface area contributed by atoms with E-state index in [1.807, 2.05) is 42.5 Å². The average Bonchev–Trinajstić information content (AvgIpc) is 3.88. The zero-order chi connectivity index (χ0) is 38.5. The van der Waals surface area contributed by atoms with Gasteiger partial charge in [-0.25, -0.2) is 24.5 Å². The van der Waals surface area contributed by atoms with Crippen molar-refractivity contribution in [3.8, 4) is 33.4 Å². The highest BCUT2D eigenvalue weighted by Gasteiger charge is 2.25. The first-order valence-corrected chi connectivity index (χ1v) is 19.4. The van der Waals surface area contributed by atoms with Gasteiger partial charge < -0.3 is 28.4 Å². The molecule has 14 heteroatoms. The maximum absolute atomic E-state index is 11.5. The maximum atomic E-state index is 11.5. The molecule has 3 aromatic heterocycles. The molecular weight excluding hydrogens is 762 g/mol. The first-order valence-electron chi connectivity index (χ1n) is 17.4. The van der Waals surface area contributed by atoms with Gasteiger partial charge in [-0.15, -0.1) is 0 Å². The summed E-state index contributed by atoms with van der Waals surface area (Å²) in [5.74, 6) is 2.20. The maximum Gasteiger partial charge on any atom is 0.349 e. The predicted octanol–water partition coefficient (Wildman–Crippen LogP) is 10.2. The number of halogens is 1. The van der Waals surface area contributed by atoms with Crippen LogP contribution < -0.4 is 18.9 Å². The molecule has 0 fully saturated rings. The standard InChI is InChI=1S/C22H21NO4S.C19H15ClN2O4S/c1-13-5-4-6-14(2)20(13)18-9-7-15-11-16(8-10-17(15)27-18)26-22-23-12-19(28-22)21(24)25-3;1-24-18(23)16-10-22-19(27-16)25-13-4-6-14-11(8-13)2-5-15(26-14)12-3-7-17(20)21-9-12/h4-6,8,10-12,18H,7,9H2,1-3H3;3-4,6-10,15H,2,5H2,1H3. The second-order valence-electron chi connectivity index (χ2n) is 12.7. The number of aromatic nitrogens is 3. The van der Waals surface area contributed by atoms with Crippen LogP contribution in [-0.4, -0.2) is 41.1 Å². The molecule has 2 unspecified atom stereocenters. The molecule has 3 aromatic carbocycles. The number of benzene rings is 3. The van der Waals surface area contributed by atoms with Crippen LogP contribution in [0.4, 0.5) is 0 Å². The van der Waals surface area contributed by atoms with Gasteiger partial charge in [0.15, 0.2) is 0 Å². The fourth-order valence-electron chi connectivity index (χ4n) is 6.41. The topological polar surface area (TPSA) is 128 Å². The van der Waals surface area contributed by atoms with E-state index in [0.29, 0.717) is 36.8 Å². The van der Waals surface area contributed by atoms with Gasteiger partial charge >= 0.3 is 11.9 Å². The van der Waals surface area contributed by atoms with Gasteiger partial charge in [0.1, 0.15) is 50.1 Å². The summed E-state index contributed by atoms with van der Waals surface area (Å²) in [6, 6.07) is 21.5. The minimum Gasteiger partial charge on any atom is -0.485 e. The van der Waals surface area contributed by atoms with Crippen LogP contribution in [0.5, 0.6) is 33.4 Å². The quantitative estimate of drug-likeness (QED) is 0.108. The lowest BCUT2D eigenvalue weighted by Gasteiger charge is -2.28. The summed E-state index contributed by atoms with van der Waals surface area (Å²) in [6.07, 6.45) is 8.20. The first kappa shape index (κ1) is 37.8. The van der Waals surface area contributed by atoms with Crippen LogP contribution in [0.2, 0.25) is 5.15 Å². The third-order valence-electron chi connectivity index (χ3n) is 9.09. The summed E-state index contributed by atoms with van der Waals surface area (Å²) in [4.78, 5) is 36.2.